The van der Waals surface area contributed by atoms with Gasteiger partial charge in [0.2, 0.25) is 0 Å². The lowest BCUT2D eigenvalue weighted by Crippen LogP contribution is -2.06. The second-order valence-electron chi connectivity index (χ2n) is 3.62. The molecule has 1 aliphatic carbocycles. The monoisotopic (exact) mass is 177 g/mol. The summed E-state index contributed by atoms with van der Waals surface area (Å²) in [6.07, 6.45) is 4.55. The van der Waals surface area contributed by atoms with Crippen LogP contribution in [0.15, 0.2) is 12.1 Å². The van der Waals surface area contributed by atoms with Crippen LogP contribution in [0.3, 0.4) is 0 Å². The average molecular weight is 177 g/mol. The van der Waals surface area contributed by atoms with Crippen LogP contribution in [0.25, 0.3) is 0 Å². The first-order chi connectivity index (χ1) is 6.33. The van der Waals surface area contributed by atoms with Gasteiger partial charge in [-0.1, -0.05) is 12.1 Å². The highest BCUT2D eigenvalue weighted by molar-refractivity contribution is 5.46. The van der Waals surface area contributed by atoms with E-state index in [-0.39, 0.29) is 0 Å². The Morgan fingerprint density at radius 1 is 1.23 bits per heavy atom. The first-order valence-corrected chi connectivity index (χ1v) is 4.85. The molecule has 0 amide bonds. The number of rotatable bonds is 1. The number of benzene rings is 1. The predicted octanol–water partition coefficient (Wildman–Crippen LogP) is 1.73. The first-order valence-electron chi connectivity index (χ1n) is 4.85. The molecule has 0 aromatic heterocycles. The van der Waals surface area contributed by atoms with E-state index in [0.717, 1.165) is 24.0 Å². The van der Waals surface area contributed by atoms with Gasteiger partial charge in [-0.2, -0.15) is 0 Å². The smallest absolute Gasteiger partial charge is 0.123 e. The van der Waals surface area contributed by atoms with E-state index in [2.05, 4.69) is 6.07 Å². The van der Waals surface area contributed by atoms with Gasteiger partial charge in [-0.3, -0.25) is 0 Å². The molecule has 3 N–H and O–H groups in total. The first kappa shape index (κ1) is 8.57. The molecule has 1 aromatic rings. The van der Waals surface area contributed by atoms with Gasteiger partial charge in [0.15, 0.2) is 0 Å². The fourth-order valence-electron chi connectivity index (χ4n) is 2.02. The molecule has 1 aromatic carbocycles. The Balaban J connectivity index is 2.48. The Labute approximate surface area is 78.4 Å². The van der Waals surface area contributed by atoms with Gasteiger partial charge in [-0.05, 0) is 36.8 Å². The second-order valence-corrected chi connectivity index (χ2v) is 3.62. The van der Waals surface area contributed by atoms with Crippen LogP contribution in [0.4, 0.5) is 0 Å². The second kappa shape index (κ2) is 3.38. The van der Waals surface area contributed by atoms with E-state index in [9.17, 15) is 5.11 Å². The van der Waals surface area contributed by atoms with Crippen LogP contribution in [0.5, 0.6) is 5.75 Å². The summed E-state index contributed by atoms with van der Waals surface area (Å²) < 4.78 is 0. The van der Waals surface area contributed by atoms with Gasteiger partial charge in [0.05, 0.1) is 0 Å². The van der Waals surface area contributed by atoms with Crippen LogP contribution in [0.1, 0.15) is 29.5 Å². The summed E-state index contributed by atoms with van der Waals surface area (Å²) in [7, 11) is 0. The van der Waals surface area contributed by atoms with Crippen LogP contribution in [-0.2, 0) is 19.4 Å². The largest absolute Gasteiger partial charge is 0.507 e. The molecular formula is C11H15NO. The number of phenols is 1. The lowest BCUT2D eigenvalue weighted by atomic mass is 9.89. The van der Waals surface area contributed by atoms with Crippen molar-refractivity contribution in [1.29, 1.82) is 0 Å². The topological polar surface area (TPSA) is 46.2 Å². The van der Waals surface area contributed by atoms with Crippen molar-refractivity contribution < 1.29 is 5.11 Å². The third-order valence-corrected chi connectivity index (χ3v) is 2.81. The van der Waals surface area contributed by atoms with Crippen molar-refractivity contribution in [1.82, 2.24) is 0 Å². The summed E-state index contributed by atoms with van der Waals surface area (Å²) in [4.78, 5) is 0. The van der Waals surface area contributed by atoms with Crippen LogP contribution in [0.2, 0.25) is 0 Å². The fourth-order valence-corrected chi connectivity index (χ4v) is 2.02. The minimum Gasteiger partial charge on any atom is -0.507 e. The minimum absolute atomic E-state index is 0.430. The Bertz CT molecular complexity index is 320. The molecule has 0 saturated heterocycles. The molecule has 0 fully saturated rings. The predicted molar refractivity (Wildman–Crippen MR) is 52.6 cm³/mol. The van der Waals surface area contributed by atoms with E-state index >= 15 is 0 Å². The molecule has 2 rings (SSSR count). The maximum Gasteiger partial charge on any atom is 0.123 e. The molecule has 0 bridgehead atoms. The lowest BCUT2D eigenvalue weighted by Gasteiger charge is -2.18. The summed E-state index contributed by atoms with van der Waals surface area (Å²) in [5.74, 6) is 0.444. The molecule has 13 heavy (non-hydrogen) atoms. The molecule has 0 saturated carbocycles. The zero-order valence-corrected chi connectivity index (χ0v) is 7.71. The summed E-state index contributed by atoms with van der Waals surface area (Å²) >= 11 is 0. The van der Waals surface area contributed by atoms with Crippen LogP contribution < -0.4 is 5.73 Å². The average Bonchev–Trinajstić information content (AvgIpc) is 2.19. The van der Waals surface area contributed by atoms with Crippen LogP contribution >= 0.6 is 0 Å². The number of fused-ring (bicyclic) bond motifs is 1. The summed E-state index contributed by atoms with van der Waals surface area (Å²) in [6.45, 7) is 0.430. The third-order valence-electron chi connectivity index (χ3n) is 2.81. The molecule has 0 unspecified atom stereocenters. The highest BCUT2D eigenvalue weighted by Gasteiger charge is 2.14. The summed E-state index contributed by atoms with van der Waals surface area (Å²) in [6, 6.07) is 4.05. The van der Waals surface area contributed by atoms with E-state index in [1.807, 2.05) is 6.07 Å². The Morgan fingerprint density at radius 2 is 2.00 bits per heavy atom. The normalized spacial score (nSPS) is 15.5. The molecule has 2 heteroatoms. The van der Waals surface area contributed by atoms with Gasteiger partial charge in [0.1, 0.15) is 5.75 Å². The highest BCUT2D eigenvalue weighted by Crippen LogP contribution is 2.31. The van der Waals surface area contributed by atoms with Crippen molar-refractivity contribution in [2.75, 3.05) is 0 Å². The lowest BCUT2D eigenvalue weighted by molar-refractivity contribution is 0.455. The van der Waals surface area contributed by atoms with Crippen molar-refractivity contribution in [3.8, 4) is 5.75 Å². The van der Waals surface area contributed by atoms with E-state index < -0.39 is 0 Å². The number of aromatic hydroxyl groups is 1. The van der Waals surface area contributed by atoms with Gasteiger partial charge in [-0.15, -0.1) is 0 Å². The molecule has 0 radical (unpaired) electrons. The fraction of sp³-hybridized carbons (Fsp3) is 0.455. The van der Waals surface area contributed by atoms with Gasteiger partial charge in [0, 0.05) is 12.1 Å². The third kappa shape index (κ3) is 1.42. The summed E-state index contributed by atoms with van der Waals surface area (Å²) in [5, 5.41) is 9.85. The minimum atomic E-state index is 0.430. The molecule has 0 heterocycles. The van der Waals surface area contributed by atoms with Crippen LogP contribution in [-0.4, -0.2) is 5.11 Å². The van der Waals surface area contributed by atoms with Gasteiger partial charge >= 0.3 is 0 Å². The molecule has 0 aliphatic heterocycles. The standard InChI is InChI=1S/C11H15NO/c12-7-9-6-5-8-3-1-2-4-10(8)11(9)13/h5-6,13H,1-4,7,12H2. The van der Waals surface area contributed by atoms with Gasteiger partial charge in [-0.25, -0.2) is 0 Å². The number of aryl methyl sites for hydroxylation is 1. The van der Waals surface area contributed by atoms with E-state index in [1.54, 1.807) is 0 Å². The van der Waals surface area contributed by atoms with Crippen molar-refractivity contribution in [3.63, 3.8) is 0 Å². The van der Waals surface area contributed by atoms with Crippen molar-refractivity contribution in [3.05, 3.63) is 28.8 Å². The van der Waals surface area contributed by atoms with Gasteiger partial charge in [0.25, 0.3) is 0 Å². The maximum absolute atomic E-state index is 9.85. The highest BCUT2D eigenvalue weighted by atomic mass is 16.3. The van der Waals surface area contributed by atoms with E-state index in [1.165, 1.54) is 18.4 Å². The zero-order chi connectivity index (χ0) is 9.26. The number of nitrogens with two attached hydrogens (primary N) is 1. The van der Waals surface area contributed by atoms with Gasteiger partial charge < -0.3 is 10.8 Å². The molecule has 70 valence electrons. The Kier molecular flexibility index (Phi) is 2.23. The quantitative estimate of drug-likeness (QED) is 0.686. The van der Waals surface area contributed by atoms with E-state index in [4.69, 9.17) is 5.73 Å². The Morgan fingerprint density at radius 3 is 2.77 bits per heavy atom. The van der Waals surface area contributed by atoms with Crippen molar-refractivity contribution in [2.45, 2.75) is 32.2 Å². The number of phenolic OH excluding ortho intramolecular Hbond substituents is 1. The molecule has 0 atom stereocenters. The molecule has 0 spiro atoms. The van der Waals surface area contributed by atoms with Crippen molar-refractivity contribution in [2.24, 2.45) is 5.73 Å². The van der Waals surface area contributed by atoms with Crippen LogP contribution in [0, 0.1) is 0 Å². The maximum atomic E-state index is 9.85. The number of hydrogen-bond acceptors (Lipinski definition) is 2. The SMILES string of the molecule is NCc1ccc2c(c1O)CCCC2. The molecule has 2 nitrogen and oxygen atoms in total. The number of hydrogen-bond donors (Lipinski definition) is 2. The molecule has 1 aliphatic rings. The summed E-state index contributed by atoms with van der Waals surface area (Å²) in [5.41, 5.74) is 8.84. The van der Waals surface area contributed by atoms with Crippen molar-refractivity contribution >= 4 is 0 Å². The Hall–Kier alpha value is -1.02. The van der Waals surface area contributed by atoms with E-state index in [0.29, 0.717) is 12.3 Å². The zero-order valence-electron chi connectivity index (χ0n) is 7.71. The molecular weight excluding hydrogens is 162 g/mol.